The van der Waals surface area contributed by atoms with Gasteiger partial charge in [-0.05, 0) is 19.1 Å². The minimum absolute atomic E-state index is 0.299. The van der Waals surface area contributed by atoms with Gasteiger partial charge in [-0.2, -0.15) is 14.6 Å². The Hall–Kier alpha value is -1.73. The van der Waals surface area contributed by atoms with E-state index >= 15 is 0 Å². The molecule has 0 saturated carbocycles. The molecule has 5 nitrogen and oxygen atoms in total. The number of carbonyl (C=O) groups is 1. The first-order valence-electron chi connectivity index (χ1n) is 5.34. The largest absolute Gasteiger partial charge is 0.271 e. The lowest BCUT2D eigenvalue weighted by Crippen LogP contribution is -2.27. The van der Waals surface area contributed by atoms with Crippen LogP contribution in [0.4, 0.5) is 4.39 Å². The van der Waals surface area contributed by atoms with Crippen LogP contribution in [0.2, 0.25) is 5.02 Å². The third kappa shape index (κ3) is 3.62. The van der Waals surface area contributed by atoms with Gasteiger partial charge in [0.15, 0.2) is 5.13 Å². The summed E-state index contributed by atoms with van der Waals surface area (Å²) in [5.41, 5.74) is 2.36. The number of hydrogen-bond donors (Lipinski definition) is 1. The highest BCUT2D eigenvalue weighted by molar-refractivity contribution is 7.12. The number of hydrazone groups is 1. The monoisotopic (exact) mass is 300 g/mol. The molecule has 8 heteroatoms. The zero-order valence-electron chi connectivity index (χ0n) is 9.88. The number of hydrogen-bond acceptors (Lipinski definition) is 4. The molecule has 2 heterocycles. The van der Waals surface area contributed by atoms with Gasteiger partial charge in [-0.1, -0.05) is 11.6 Å². The van der Waals surface area contributed by atoms with Gasteiger partial charge in [0.1, 0.15) is 6.04 Å². The van der Waals surface area contributed by atoms with Crippen molar-refractivity contribution in [1.82, 2.24) is 15.2 Å². The van der Waals surface area contributed by atoms with Gasteiger partial charge in [0.05, 0.1) is 22.3 Å². The summed E-state index contributed by atoms with van der Waals surface area (Å²) in [6, 6.07) is 2.37. The SMILES string of the molecule is C[C@H](C(=O)N/N=C\c1ccc(F)s1)n1cc(Cl)cn1. The van der Waals surface area contributed by atoms with Crippen LogP contribution in [0.25, 0.3) is 0 Å². The van der Waals surface area contributed by atoms with Crippen molar-refractivity contribution in [2.24, 2.45) is 5.10 Å². The molecule has 1 N–H and O–H groups in total. The summed E-state index contributed by atoms with van der Waals surface area (Å²) >= 11 is 6.66. The summed E-state index contributed by atoms with van der Waals surface area (Å²) in [6.45, 7) is 1.67. The Balaban J connectivity index is 1.92. The van der Waals surface area contributed by atoms with Crippen molar-refractivity contribution in [1.29, 1.82) is 0 Å². The molecule has 100 valence electrons. The van der Waals surface area contributed by atoms with Crippen molar-refractivity contribution in [2.75, 3.05) is 0 Å². The minimum Gasteiger partial charge on any atom is -0.271 e. The highest BCUT2D eigenvalue weighted by atomic mass is 35.5. The van der Waals surface area contributed by atoms with Gasteiger partial charge in [-0.25, -0.2) is 5.43 Å². The van der Waals surface area contributed by atoms with E-state index in [1.807, 2.05) is 0 Å². The Labute approximate surface area is 117 Å². The van der Waals surface area contributed by atoms with Gasteiger partial charge in [0, 0.05) is 6.20 Å². The third-order valence-corrected chi connectivity index (χ3v) is 3.31. The first-order chi connectivity index (χ1) is 9.06. The van der Waals surface area contributed by atoms with Crippen molar-refractivity contribution in [3.05, 3.63) is 39.6 Å². The molecule has 19 heavy (non-hydrogen) atoms. The van der Waals surface area contributed by atoms with E-state index in [0.29, 0.717) is 9.90 Å². The normalized spacial score (nSPS) is 12.8. The second kappa shape index (κ2) is 5.94. The molecule has 2 aromatic heterocycles. The van der Waals surface area contributed by atoms with E-state index < -0.39 is 6.04 Å². The minimum atomic E-state index is -0.537. The van der Waals surface area contributed by atoms with Gasteiger partial charge < -0.3 is 0 Å². The standard InChI is InChI=1S/C11H10ClFN4OS/c1-7(17-6-8(12)4-15-17)11(18)16-14-5-9-2-3-10(13)19-9/h2-7H,1H3,(H,16,18)/b14-5-/t7-/m1/s1. The molecule has 0 aliphatic carbocycles. The van der Waals surface area contributed by atoms with Crippen LogP contribution >= 0.6 is 22.9 Å². The lowest BCUT2D eigenvalue weighted by Gasteiger charge is -2.09. The lowest BCUT2D eigenvalue weighted by molar-refractivity contribution is -0.124. The van der Waals surface area contributed by atoms with Gasteiger partial charge in [-0.3, -0.25) is 9.48 Å². The average Bonchev–Trinajstić information content (AvgIpc) is 2.97. The van der Waals surface area contributed by atoms with E-state index in [4.69, 9.17) is 11.6 Å². The number of nitrogens with one attached hydrogen (secondary N) is 1. The number of amides is 1. The quantitative estimate of drug-likeness (QED) is 0.696. The van der Waals surface area contributed by atoms with E-state index in [2.05, 4.69) is 15.6 Å². The predicted molar refractivity (Wildman–Crippen MR) is 72.0 cm³/mol. The van der Waals surface area contributed by atoms with Gasteiger partial charge >= 0.3 is 0 Å². The highest BCUT2D eigenvalue weighted by Crippen LogP contribution is 2.12. The van der Waals surface area contributed by atoms with Crippen LogP contribution in [-0.4, -0.2) is 21.9 Å². The second-order valence-electron chi connectivity index (χ2n) is 3.69. The number of rotatable bonds is 4. The summed E-state index contributed by atoms with van der Waals surface area (Å²) in [4.78, 5) is 12.4. The smallest absolute Gasteiger partial charge is 0.264 e. The Kier molecular flexibility index (Phi) is 4.28. The number of halogens is 2. The van der Waals surface area contributed by atoms with Gasteiger partial charge in [0.2, 0.25) is 0 Å². The van der Waals surface area contributed by atoms with Crippen molar-refractivity contribution in [3.8, 4) is 0 Å². The number of thiophene rings is 1. The fourth-order valence-electron chi connectivity index (χ4n) is 1.30. The van der Waals surface area contributed by atoms with Crippen LogP contribution in [0.3, 0.4) is 0 Å². The molecule has 2 aromatic rings. The molecule has 0 aromatic carbocycles. The summed E-state index contributed by atoms with van der Waals surface area (Å²) in [7, 11) is 0. The van der Waals surface area contributed by atoms with Crippen molar-refractivity contribution in [2.45, 2.75) is 13.0 Å². The fraction of sp³-hybridized carbons (Fsp3) is 0.182. The van der Waals surface area contributed by atoms with E-state index in [0.717, 1.165) is 11.3 Å². The van der Waals surface area contributed by atoms with Crippen molar-refractivity contribution < 1.29 is 9.18 Å². The molecule has 0 radical (unpaired) electrons. The number of nitrogens with zero attached hydrogens (tertiary/aromatic N) is 3. The zero-order valence-corrected chi connectivity index (χ0v) is 11.5. The summed E-state index contributed by atoms with van der Waals surface area (Å²) in [6.07, 6.45) is 4.38. The van der Waals surface area contributed by atoms with Crippen LogP contribution in [0.15, 0.2) is 29.6 Å². The lowest BCUT2D eigenvalue weighted by atomic mass is 10.3. The maximum absolute atomic E-state index is 12.7. The average molecular weight is 301 g/mol. The summed E-state index contributed by atoms with van der Waals surface area (Å²) in [5.74, 6) is -0.340. The highest BCUT2D eigenvalue weighted by Gasteiger charge is 2.14. The van der Waals surface area contributed by atoms with E-state index in [1.54, 1.807) is 19.2 Å². The van der Waals surface area contributed by atoms with E-state index in [9.17, 15) is 9.18 Å². The Morgan fingerprint density at radius 3 is 3.05 bits per heavy atom. The molecule has 2 rings (SSSR count). The molecular formula is C11H10ClFN4OS. The molecule has 0 saturated heterocycles. The maximum Gasteiger partial charge on any atom is 0.264 e. The Bertz CT molecular complexity index is 609. The second-order valence-corrected chi connectivity index (χ2v) is 5.19. The van der Waals surface area contributed by atoms with Crippen molar-refractivity contribution in [3.63, 3.8) is 0 Å². The fourth-order valence-corrected chi connectivity index (χ4v) is 2.04. The molecule has 0 bridgehead atoms. The van der Waals surface area contributed by atoms with Crippen LogP contribution < -0.4 is 5.43 Å². The number of aromatic nitrogens is 2. The number of carbonyl (C=O) groups excluding carboxylic acids is 1. The Morgan fingerprint density at radius 2 is 2.47 bits per heavy atom. The van der Waals surface area contributed by atoms with E-state index in [1.165, 1.54) is 23.2 Å². The molecule has 1 amide bonds. The predicted octanol–water partition coefficient (Wildman–Crippen LogP) is 2.45. The topological polar surface area (TPSA) is 59.3 Å². The van der Waals surface area contributed by atoms with Crippen LogP contribution in [0.1, 0.15) is 17.8 Å². The molecule has 0 spiro atoms. The van der Waals surface area contributed by atoms with Crippen LogP contribution in [0, 0.1) is 5.13 Å². The molecule has 0 aliphatic rings. The van der Waals surface area contributed by atoms with Crippen LogP contribution in [-0.2, 0) is 4.79 Å². The zero-order chi connectivity index (χ0) is 13.8. The molecule has 1 atom stereocenters. The summed E-state index contributed by atoms with van der Waals surface area (Å²) < 4.78 is 14.1. The maximum atomic E-state index is 12.7. The molecule has 0 aliphatic heterocycles. The van der Waals surface area contributed by atoms with Crippen molar-refractivity contribution >= 4 is 35.1 Å². The third-order valence-electron chi connectivity index (χ3n) is 2.31. The van der Waals surface area contributed by atoms with Crippen LogP contribution in [0.5, 0.6) is 0 Å². The molecule has 0 unspecified atom stereocenters. The van der Waals surface area contributed by atoms with Gasteiger partial charge in [-0.15, -0.1) is 11.3 Å². The molecular weight excluding hydrogens is 291 g/mol. The van der Waals surface area contributed by atoms with Gasteiger partial charge in [0.25, 0.3) is 5.91 Å². The first kappa shape index (κ1) is 13.7. The summed E-state index contributed by atoms with van der Waals surface area (Å²) in [5, 5.41) is 7.84. The Morgan fingerprint density at radius 1 is 1.68 bits per heavy atom. The first-order valence-corrected chi connectivity index (χ1v) is 6.53. The molecule has 0 fully saturated rings. The van der Waals surface area contributed by atoms with E-state index in [-0.39, 0.29) is 11.0 Å².